The lowest BCUT2D eigenvalue weighted by Crippen LogP contribution is -2.19. The number of rotatable bonds is 4. The Hall–Kier alpha value is -3.08. The molecule has 3 aromatic rings. The molecule has 0 radical (unpaired) electrons. The summed E-state index contributed by atoms with van der Waals surface area (Å²) in [6.45, 7) is 0.711. The Bertz CT molecular complexity index is 889. The van der Waals surface area contributed by atoms with Gasteiger partial charge in [-0.3, -0.25) is 4.79 Å². The van der Waals surface area contributed by atoms with Crippen LogP contribution in [0.25, 0.3) is 11.4 Å². The third kappa shape index (κ3) is 3.13. The fourth-order valence-corrected chi connectivity index (χ4v) is 3.18. The van der Waals surface area contributed by atoms with E-state index < -0.39 is 0 Å². The van der Waals surface area contributed by atoms with Gasteiger partial charge in [-0.25, -0.2) is 4.98 Å². The van der Waals surface area contributed by atoms with Crippen LogP contribution in [0.1, 0.15) is 12.5 Å². The van der Waals surface area contributed by atoms with Gasteiger partial charge in [0.1, 0.15) is 17.3 Å². The minimum absolute atomic E-state index is 0.119. The van der Waals surface area contributed by atoms with E-state index in [0.717, 1.165) is 22.9 Å². The van der Waals surface area contributed by atoms with Gasteiger partial charge < -0.3 is 14.2 Å². The minimum Gasteiger partial charge on any atom is -0.457 e. The van der Waals surface area contributed by atoms with E-state index in [1.807, 2.05) is 67.8 Å². The third-order valence-corrected chi connectivity index (χ3v) is 4.45. The smallest absolute Gasteiger partial charge is 0.224 e. The van der Waals surface area contributed by atoms with Crippen molar-refractivity contribution in [3.8, 4) is 22.9 Å². The minimum atomic E-state index is 0.119. The maximum Gasteiger partial charge on any atom is 0.224 e. The van der Waals surface area contributed by atoms with E-state index in [0.29, 0.717) is 13.0 Å². The number of nitrogens with zero attached hydrogens (tertiary/aromatic N) is 3. The zero-order valence-electron chi connectivity index (χ0n) is 14.0. The van der Waals surface area contributed by atoms with E-state index in [-0.39, 0.29) is 11.9 Å². The number of hydrogen-bond donors (Lipinski definition) is 0. The van der Waals surface area contributed by atoms with Gasteiger partial charge in [-0.2, -0.15) is 0 Å². The van der Waals surface area contributed by atoms with Crippen LogP contribution in [0.15, 0.2) is 67.0 Å². The highest BCUT2D eigenvalue weighted by Crippen LogP contribution is 2.30. The van der Waals surface area contributed by atoms with Crippen LogP contribution in [-0.2, 0) is 4.79 Å². The zero-order valence-corrected chi connectivity index (χ0v) is 14.0. The lowest BCUT2D eigenvalue weighted by molar-refractivity contribution is -0.126. The van der Waals surface area contributed by atoms with Crippen LogP contribution in [0.2, 0.25) is 0 Å². The number of likely N-dealkylation sites (tertiary alicyclic amines) is 1. The van der Waals surface area contributed by atoms with Gasteiger partial charge in [-0.15, -0.1) is 0 Å². The standard InChI is InChI=1S/C20H19N3O2/c1-22-14-16(13-19(22)24)23-11-10-21-20(23)15-6-5-9-18(12-15)25-17-7-3-2-4-8-17/h2-12,16H,13-14H2,1H3. The first-order valence-electron chi connectivity index (χ1n) is 8.31. The molecule has 1 amide bonds. The van der Waals surface area contributed by atoms with Crippen molar-refractivity contribution in [2.45, 2.75) is 12.5 Å². The fourth-order valence-electron chi connectivity index (χ4n) is 3.18. The van der Waals surface area contributed by atoms with E-state index in [4.69, 9.17) is 4.74 Å². The lowest BCUT2D eigenvalue weighted by Gasteiger charge is -2.15. The highest BCUT2D eigenvalue weighted by molar-refractivity contribution is 5.78. The van der Waals surface area contributed by atoms with Crippen LogP contribution in [0, 0.1) is 0 Å². The second kappa shape index (κ2) is 6.43. The highest BCUT2D eigenvalue weighted by atomic mass is 16.5. The summed E-state index contributed by atoms with van der Waals surface area (Å²) >= 11 is 0. The third-order valence-electron chi connectivity index (χ3n) is 4.45. The van der Waals surface area contributed by atoms with Gasteiger partial charge in [0.05, 0.1) is 6.04 Å². The Labute approximate surface area is 146 Å². The topological polar surface area (TPSA) is 47.4 Å². The first kappa shape index (κ1) is 15.4. The predicted octanol–water partition coefficient (Wildman–Crippen LogP) is 3.75. The van der Waals surface area contributed by atoms with Gasteiger partial charge >= 0.3 is 0 Å². The maximum atomic E-state index is 11.9. The summed E-state index contributed by atoms with van der Waals surface area (Å²) in [4.78, 5) is 18.1. The average Bonchev–Trinajstić information content (AvgIpc) is 3.23. The highest BCUT2D eigenvalue weighted by Gasteiger charge is 2.29. The van der Waals surface area contributed by atoms with Crippen LogP contribution < -0.4 is 4.74 Å². The second-order valence-electron chi connectivity index (χ2n) is 6.23. The Morgan fingerprint density at radius 1 is 1.08 bits per heavy atom. The van der Waals surface area contributed by atoms with E-state index in [1.165, 1.54) is 0 Å². The molecule has 25 heavy (non-hydrogen) atoms. The number of imidazole rings is 1. The normalized spacial score (nSPS) is 17.1. The monoisotopic (exact) mass is 333 g/mol. The number of hydrogen-bond acceptors (Lipinski definition) is 3. The molecule has 1 aliphatic heterocycles. The van der Waals surface area contributed by atoms with Gasteiger partial charge in [-0.05, 0) is 24.3 Å². The molecule has 1 aliphatic rings. The summed E-state index contributed by atoms with van der Waals surface area (Å²) < 4.78 is 8.00. The summed E-state index contributed by atoms with van der Waals surface area (Å²) in [5.74, 6) is 2.58. The molecule has 2 aromatic carbocycles. The zero-order chi connectivity index (χ0) is 17.2. The van der Waals surface area contributed by atoms with Crippen molar-refractivity contribution >= 4 is 5.91 Å². The molecule has 0 saturated carbocycles. The quantitative estimate of drug-likeness (QED) is 0.730. The predicted molar refractivity (Wildman–Crippen MR) is 95.5 cm³/mol. The molecular formula is C20H19N3O2. The first-order valence-corrected chi connectivity index (χ1v) is 8.31. The Morgan fingerprint density at radius 3 is 2.64 bits per heavy atom. The van der Waals surface area contributed by atoms with E-state index >= 15 is 0 Å². The van der Waals surface area contributed by atoms with Gasteiger partial charge in [-0.1, -0.05) is 30.3 Å². The van der Waals surface area contributed by atoms with Gasteiger partial charge in [0, 0.05) is 38.0 Å². The molecule has 1 atom stereocenters. The molecule has 0 N–H and O–H groups in total. The van der Waals surface area contributed by atoms with E-state index in [2.05, 4.69) is 9.55 Å². The molecule has 1 saturated heterocycles. The van der Waals surface area contributed by atoms with Crippen LogP contribution in [-0.4, -0.2) is 34.0 Å². The summed E-state index contributed by atoms with van der Waals surface area (Å²) in [6.07, 6.45) is 4.24. The molecule has 1 fully saturated rings. The molecular weight excluding hydrogens is 314 g/mol. The summed E-state index contributed by atoms with van der Waals surface area (Å²) in [5.41, 5.74) is 0.973. The first-order chi connectivity index (χ1) is 12.2. The number of carbonyl (C=O) groups excluding carboxylic acids is 1. The van der Waals surface area contributed by atoms with Gasteiger partial charge in [0.25, 0.3) is 0 Å². The van der Waals surface area contributed by atoms with Crippen molar-refractivity contribution in [2.24, 2.45) is 0 Å². The Kier molecular flexibility index (Phi) is 3.98. The maximum absolute atomic E-state index is 11.9. The number of ether oxygens (including phenoxy) is 1. The summed E-state index contributed by atoms with van der Waals surface area (Å²) in [5, 5.41) is 0. The fraction of sp³-hybridized carbons (Fsp3) is 0.200. The van der Waals surface area contributed by atoms with Gasteiger partial charge in [0.2, 0.25) is 5.91 Å². The number of amides is 1. The number of carbonyl (C=O) groups is 1. The number of benzene rings is 2. The van der Waals surface area contributed by atoms with E-state index in [9.17, 15) is 4.79 Å². The lowest BCUT2D eigenvalue weighted by atomic mass is 10.1. The van der Waals surface area contributed by atoms with Crippen molar-refractivity contribution in [3.05, 3.63) is 67.0 Å². The molecule has 2 heterocycles. The van der Waals surface area contributed by atoms with Crippen molar-refractivity contribution in [1.82, 2.24) is 14.5 Å². The van der Waals surface area contributed by atoms with Crippen LogP contribution in [0.4, 0.5) is 0 Å². The molecule has 0 spiro atoms. The largest absolute Gasteiger partial charge is 0.457 e. The molecule has 0 aliphatic carbocycles. The van der Waals surface area contributed by atoms with Crippen molar-refractivity contribution in [3.63, 3.8) is 0 Å². The molecule has 4 rings (SSSR count). The van der Waals surface area contributed by atoms with Crippen LogP contribution in [0.3, 0.4) is 0 Å². The summed E-state index contributed by atoms with van der Waals surface area (Å²) in [7, 11) is 1.84. The van der Waals surface area contributed by atoms with E-state index in [1.54, 1.807) is 11.1 Å². The van der Waals surface area contributed by atoms with Crippen molar-refractivity contribution < 1.29 is 9.53 Å². The second-order valence-corrected chi connectivity index (χ2v) is 6.23. The van der Waals surface area contributed by atoms with Crippen LogP contribution >= 0.6 is 0 Å². The summed E-state index contributed by atoms with van der Waals surface area (Å²) in [6, 6.07) is 17.7. The van der Waals surface area contributed by atoms with Crippen molar-refractivity contribution in [1.29, 1.82) is 0 Å². The molecule has 126 valence electrons. The number of para-hydroxylation sites is 1. The van der Waals surface area contributed by atoms with Crippen LogP contribution in [0.5, 0.6) is 11.5 Å². The molecule has 5 nitrogen and oxygen atoms in total. The molecule has 1 unspecified atom stereocenters. The Balaban J connectivity index is 1.62. The average molecular weight is 333 g/mol. The number of likely N-dealkylation sites (N-methyl/N-ethyl adjacent to an activating group) is 1. The SMILES string of the molecule is CN1CC(n2ccnc2-c2cccc(Oc3ccccc3)c2)CC1=O. The van der Waals surface area contributed by atoms with Gasteiger partial charge in [0.15, 0.2) is 0 Å². The molecule has 1 aromatic heterocycles. The number of aromatic nitrogens is 2. The molecule has 0 bridgehead atoms. The molecule has 5 heteroatoms. The Morgan fingerprint density at radius 2 is 1.88 bits per heavy atom. The van der Waals surface area contributed by atoms with Crippen molar-refractivity contribution in [2.75, 3.05) is 13.6 Å².